The highest BCUT2D eigenvalue weighted by Gasteiger charge is 2.32. The molecule has 0 saturated heterocycles. The van der Waals surface area contributed by atoms with Gasteiger partial charge in [0.25, 0.3) is 0 Å². The van der Waals surface area contributed by atoms with Crippen LogP contribution in [-0.2, 0) is 0 Å². The maximum absolute atomic E-state index is 12.1. The second-order valence-electron chi connectivity index (χ2n) is 9.91. The van der Waals surface area contributed by atoms with Gasteiger partial charge in [0.05, 0.1) is 0 Å². The summed E-state index contributed by atoms with van der Waals surface area (Å²) in [5, 5.41) is 9.13. The largest absolute Gasteiger partial charge is 0.508 e. The summed E-state index contributed by atoms with van der Waals surface area (Å²) in [6, 6.07) is 22.5. The van der Waals surface area contributed by atoms with Crippen molar-refractivity contribution < 1.29 is 42.8 Å². The SMILES string of the molecule is CC1(C)Oc2ccc(O)cc2O1.CC1(C)Oc2ccc(Oc3ccc(C=O)cc3)cc2O1.O=Cc1ccc(F)cc1. The molecule has 0 fully saturated rings. The molecule has 0 unspecified atom stereocenters. The van der Waals surface area contributed by atoms with E-state index in [4.69, 9.17) is 28.8 Å². The normalized spacial score (nSPS) is 14.5. The second kappa shape index (κ2) is 12.0. The van der Waals surface area contributed by atoms with E-state index in [1.165, 1.54) is 24.3 Å². The minimum absolute atomic E-state index is 0.190. The van der Waals surface area contributed by atoms with Crippen molar-refractivity contribution in [3.05, 3.63) is 102 Å². The minimum Gasteiger partial charge on any atom is -0.508 e. The summed E-state index contributed by atoms with van der Waals surface area (Å²) in [4.78, 5) is 20.6. The van der Waals surface area contributed by atoms with E-state index in [1.807, 2.05) is 39.8 Å². The Morgan fingerprint density at radius 2 is 1.05 bits per heavy atom. The van der Waals surface area contributed by atoms with Crippen molar-refractivity contribution in [3.63, 3.8) is 0 Å². The maximum atomic E-state index is 12.1. The van der Waals surface area contributed by atoms with Gasteiger partial charge in [0.2, 0.25) is 11.6 Å². The summed E-state index contributed by atoms with van der Waals surface area (Å²) < 4.78 is 39.9. The summed E-state index contributed by atoms with van der Waals surface area (Å²) in [5.74, 6) is 2.57. The topological polar surface area (TPSA) is 101 Å². The fraction of sp³-hybridized carbons (Fsp3) is 0.188. The summed E-state index contributed by atoms with van der Waals surface area (Å²) >= 11 is 0. The molecule has 4 aromatic carbocycles. The highest BCUT2D eigenvalue weighted by molar-refractivity contribution is 5.75. The van der Waals surface area contributed by atoms with Gasteiger partial charge in [-0.1, -0.05) is 0 Å². The van der Waals surface area contributed by atoms with Gasteiger partial charge in [0.15, 0.2) is 23.0 Å². The van der Waals surface area contributed by atoms with Crippen LogP contribution in [0.15, 0.2) is 84.9 Å². The Morgan fingerprint density at radius 3 is 1.59 bits per heavy atom. The molecule has 212 valence electrons. The Kier molecular flexibility index (Phi) is 8.47. The van der Waals surface area contributed by atoms with Crippen LogP contribution in [0.3, 0.4) is 0 Å². The molecule has 2 aliphatic heterocycles. The van der Waals surface area contributed by atoms with Gasteiger partial charge in [-0.3, -0.25) is 9.59 Å². The number of halogens is 1. The molecular weight excluding hydrogens is 531 g/mol. The summed E-state index contributed by atoms with van der Waals surface area (Å²) in [7, 11) is 0. The monoisotopic (exact) mass is 560 g/mol. The number of benzene rings is 4. The van der Waals surface area contributed by atoms with E-state index in [0.29, 0.717) is 51.9 Å². The van der Waals surface area contributed by atoms with Crippen LogP contribution in [0.4, 0.5) is 4.39 Å². The Balaban J connectivity index is 0.000000156. The van der Waals surface area contributed by atoms with E-state index in [9.17, 15) is 14.0 Å². The van der Waals surface area contributed by atoms with E-state index in [0.717, 1.165) is 6.29 Å². The van der Waals surface area contributed by atoms with Crippen molar-refractivity contribution in [1.29, 1.82) is 0 Å². The van der Waals surface area contributed by atoms with Gasteiger partial charge in [-0.15, -0.1) is 0 Å². The molecule has 2 aliphatic rings. The lowest BCUT2D eigenvalue weighted by Crippen LogP contribution is -2.29. The third kappa shape index (κ3) is 7.98. The highest BCUT2D eigenvalue weighted by Crippen LogP contribution is 2.42. The first kappa shape index (κ1) is 28.9. The van der Waals surface area contributed by atoms with Crippen molar-refractivity contribution in [2.24, 2.45) is 0 Å². The molecule has 0 bridgehead atoms. The number of aromatic hydroxyl groups is 1. The Hall–Kier alpha value is -5.05. The van der Waals surface area contributed by atoms with Gasteiger partial charge >= 0.3 is 0 Å². The van der Waals surface area contributed by atoms with Crippen molar-refractivity contribution in [1.82, 2.24) is 0 Å². The number of phenolic OH excluding ortho intramolecular Hbond substituents is 1. The van der Waals surface area contributed by atoms with Crippen molar-refractivity contribution in [3.8, 4) is 40.2 Å². The smallest absolute Gasteiger partial charge is 0.246 e. The molecule has 0 atom stereocenters. The van der Waals surface area contributed by atoms with E-state index in [1.54, 1.807) is 48.5 Å². The molecular formula is C32H29FO8. The van der Waals surface area contributed by atoms with Gasteiger partial charge in [0, 0.05) is 51.0 Å². The quantitative estimate of drug-likeness (QED) is 0.259. The molecule has 41 heavy (non-hydrogen) atoms. The van der Waals surface area contributed by atoms with Crippen molar-refractivity contribution >= 4 is 12.6 Å². The number of carbonyl (C=O) groups is 2. The third-order valence-electron chi connectivity index (χ3n) is 5.52. The van der Waals surface area contributed by atoms with Crippen LogP contribution in [0.2, 0.25) is 0 Å². The van der Waals surface area contributed by atoms with Gasteiger partial charge in [-0.05, 0) is 72.8 Å². The summed E-state index contributed by atoms with van der Waals surface area (Å²) in [6.45, 7) is 7.35. The van der Waals surface area contributed by atoms with Crippen molar-refractivity contribution in [2.75, 3.05) is 0 Å². The first-order chi connectivity index (χ1) is 19.4. The first-order valence-electron chi connectivity index (χ1n) is 12.6. The van der Waals surface area contributed by atoms with Crippen LogP contribution < -0.4 is 23.7 Å². The van der Waals surface area contributed by atoms with Crippen LogP contribution in [0.25, 0.3) is 0 Å². The van der Waals surface area contributed by atoms with E-state index >= 15 is 0 Å². The minimum atomic E-state index is -0.646. The number of ether oxygens (including phenoxy) is 5. The zero-order valence-electron chi connectivity index (χ0n) is 22.9. The number of aldehydes is 2. The first-order valence-corrected chi connectivity index (χ1v) is 12.6. The molecule has 0 saturated carbocycles. The maximum Gasteiger partial charge on any atom is 0.246 e. The molecule has 2 heterocycles. The molecule has 0 spiro atoms. The van der Waals surface area contributed by atoms with E-state index in [2.05, 4.69) is 0 Å². The fourth-order valence-electron chi connectivity index (χ4n) is 3.77. The molecule has 6 rings (SSSR count). The molecule has 0 amide bonds. The molecule has 1 N–H and O–H groups in total. The highest BCUT2D eigenvalue weighted by atomic mass is 19.1. The number of fused-ring (bicyclic) bond motifs is 2. The number of rotatable bonds is 4. The lowest BCUT2D eigenvalue weighted by atomic mass is 10.2. The van der Waals surface area contributed by atoms with Crippen LogP contribution in [-0.4, -0.2) is 29.3 Å². The second-order valence-corrected chi connectivity index (χ2v) is 9.91. The number of carbonyl (C=O) groups excluding carboxylic acids is 2. The predicted molar refractivity (Wildman–Crippen MR) is 149 cm³/mol. The van der Waals surface area contributed by atoms with Crippen LogP contribution in [0.5, 0.6) is 40.2 Å². The molecule has 0 aliphatic carbocycles. The Morgan fingerprint density at radius 1 is 0.610 bits per heavy atom. The summed E-state index contributed by atoms with van der Waals surface area (Å²) in [6.07, 6.45) is 1.48. The van der Waals surface area contributed by atoms with Gasteiger partial charge < -0.3 is 28.8 Å². The van der Waals surface area contributed by atoms with Crippen LogP contribution >= 0.6 is 0 Å². The zero-order valence-corrected chi connectivity index (χ0v) is 22.9. The Labute approximate surface area is 236 Å². The molecule has 8 nitrogen and oxygen atoms in total. The van der Waals surface area contributed by atoms with E-state index in [-0.39, 0.29) is 11.6 Å². The molecule has 0 radical (unpaired) electrons. The number of hydrogen-bond donors (Lipinski definition) is 1. The lowest BCUT2D eigenvalue weighted by Gasteiger charge is -2.16. The fourth-order valence-corrected chi connectivity index (χ4v) is 3.77. The zero-order chi connectivity index (χ0) is 29.6. The summed E-state index contributed by atoms with van der Waals surface area (Å²) in [5.41, 5.74) is 1.11. The van der Waals surface area contributed by atoms with Crippen molar-refractivity contribution in [2.45, 2.75) is 39.3 Å². The Bertz CT molecular complexity index is 1510. The molecule has 4 aromatic rings. The van der Waals surface area contributed by atoms with Crippen LogP contribution in [0.1, 0.15) is 48.4 Å². The third-order valence-corrected chi connectivity index (χ3v) is 5.52. The number of hydrogen-bond acceptors (Lipinski definition) is 8. The van der Waals surface area contributed by atoms with Crippen LogP contribution in [0, 0.1) is 5.82 Å². The van der Waals surface area contributed by atoms with Gasteiger partial charge in [-0.25, -0.2) is 4.39 Å². The van der Waals surface area contributed by atoms with Gasteiger partial charge in [-0.2, -0.15) is 0 Å². The van der Waals surface area contributed by atoms with Gasteiger partial charge in [0.1, 0.15) is 35.6 Å². The average molecular weight is 561 g/mol. The number of phenols is 1. The lowest BCUT2D eigenvalue weighted by molar-refractivity contribution is -0.0437. The predicted octanol–water partition coefficient (Wildman–Crippen LogP) is 7.34. The molecule has 9 heteroatoms. The molecule has 0 aromatic heterocycles. The van der Waals surface area contributed by atoms with E-state index < -0.39 is 11.6 Å². The standard InChI is InChI=1S/C16H14O4.C9H10O3.C7H5FO/c1-16(2)19-14-8-7-13(9-15(14)20-16)18-12-5-3-11(10-17)4-6-12;1-9(2)11-7-4-3-6(10)5-8(7)12-9;8-7-3-1-6(5-9)2-4-7/h3-10H,1-2H3;3-5,10H,1-2H3;1-5H. The average Bonchev–Trinajstić information content (AvgIpc) is 3.42.